The Labute approximate surface area is 89.7 Å². The number of nitrogens with one attached hydrogen (secondary N) is 1. The van der Waals surface area contributed by atoms with E-state index in [2.05, 4.69) is 15.3 Å². The zero-order valence-corrected chi connectivity index (χ0v) is 9.31. The molecular formula is C10H18N4O. The smallest absolute Gasteiger partial charge is 0.266 e. The highest BCUT2D eigenvalue weighted by atomic mass is 16.1. The molecule has 0 spiro atoms. The van der Waals surface area contributed by atoms with Crippen molar-refractivity contribution in [2.45, 2.75) is 6.54 Å². The minimum absolute atomic E-state index is 0.0492. The van der Waals surface area contributed by atoms with Gasteiger partial charge in [0.1, 0.15) is 0 Å². The monoisotopic (exact) mass is 210 g/mol. The lowest BCUT2D eigenvalue weighted by molar-refractivity contribution is 0.395. The molecule has 5 nitrogen and oxygen atoms in total. The number of rotatable bonds is 6. The molecule has 0 atom stereocenters. The van der Waals surface area contributed by atoms with Crippen LogP contribution >= 0.6 is 0 Å². The molecule has 1 aromatic heterocycles. The molecule has 1 N–H and O–H groups in total. The predicted octanol–water partition coefficient (Wildman–Crippen LogP) is -0.605. The molecule has 15 heavy (non-hydrogen) atoms. The van der Waals surface area contributed by atoms with Gasteiger partial charge in [-0.2, -0.15) is 5.10 Å². The molecule has 0 radical (unpaired) electrons. The van der Waals surface area contributed by atoms with Crippen LogP contribution in [0.4, 0.5) is 0 Å². The zero-order valence-electron chi connectivity index (χ0n) is 9.31. The van der Waals surface area contributed by atoms with E-state index >= 15 is 0 Å². The zero-order chi connectivity index (χ0) is 11.1. The van der Waals surface area contributed by atoms with Gasteiger partial charge in [0, 0.05) is 31.9 Å². The number of hydrogen-bond acceptors (Lipinski definition) is 4. The summed E-state index contributed by atoms with van der Waals surface area (Å²) in [4.78, 5) is 13.4. The van der Waals surface area contributed by atoms with Gasteiger partial charge >= 0.3 is 0 Å². The second kappa shape index (κ2) is 6.31. The van der Waals surface area contributed by atoms with Gasteiger partial charge in [-0.05, 0) is 20.2 Å². The van der Waals surface area contributed by atoms with Gasteiger partial charge in [0.15, 0.2) is 0 Å². The van der Waals surface area contributed by atoms with Crippen LogP contribution in [0.25, 0.3) is 0 Å². The standard InChI is InChI=1S/C10H18N4O/c1-13(2)8-6-11-7-9-14-10(15)4-3-5-12-14/h3-5,11H,6-9H2,1-2H3. The number of aromatic nitrogens is 2. The molecule has 0 amide bonds. The first-order valence-electron chi connectivity index (χ1n) is 5.08. The molecule has 1 aromatic rings. The summed E-state index contributed by atoms with van der Waals surface area (Å²) in [6, 6.07) is 3.17. The van der Waals surface area contributed by atoms with Crippen LogP contribution in [-0.2, 0) is 6.54 Å². The Kier molecular flexibility index (Phi) is 5.00. The highest BCUT2D eigenvalue weighted by Gasteiger charge is 1.94. The number of nitrogens with zero attached hydrogens (tertiary/aromatic N) is 3. The van der Waals surface area contributed by atoms with E-state index in [4.69, 9.17) is 0 Å². The van der Waals surface area contributed by atoms with Crippen LogP contribution in [0.5, 0.6) is 0 Å². The fraction of sp³-hybridized carbons (Fsp3) is 0.600. The second-order valence-electron chi connectivity index (χ2n) is 3.64. The molecule has 0 aliphatic rings. The van der Waals surface area contributed by atoms with Gasteiger partial charge in [0.2, 0.25) is 0 Å². The quantitative estimate of drug-likeness (QED) is 0.637. The van der Waals surface area contributed by atoms with Crippen LogP contribution in [-0.4, -0.2) is 48.4 Å². The molecular weight excluding hydrogens is 192 g/mol. The molecule has 0 aliphatic carbocycles. The largest absolute Gasteiger partial charge is 0.314 e. The average Bonchev–Trinajstić information content (AvgIpc) is 2.20. The van der Waals surface area contributed by atoms with Crippen LogP contribution in [0.15, 0.2) is 23.1 Å². The SMILES string of the molecule is CN(C)CCNCCn1ncccc1=O. The Morgan fingerprint density at radius 1 is 1.47 bits per heavy atom. The van der Waals surface area contributed by atoms with E-state index in [1.165, 1.54) is 10.7 Å². The molecule has 1 rings (SSSR count). The van der Waals surface area contributed by atoms with E-state index in [0.717, 1.165) is 19.6 Å². The van der Waals surface area contributed by atoms with Gasteiger partial charge < -0.3 is 10.2 Å². The number of hydrogen-bond donors (Lipinski definition) is 1. The lowest BCUT2D eigenvalue weighted by atomic mass is 10.5. The van der Waals surface area contributed by atoms with E-state index in [0.29, 0.717) is 6.54 Å². The van der Waals surface area contributed by atoms with Crippen molar-refractivity contribution in [1.29, 1.82) is 0 Å². The molecule has 0 bridgehead atoms. The lowest BCUT2D eigenvalue weighted by Gasteiger charge is -2.10. The Morgan fingerprint density at radius 3 is 2.93 bits per heavy atom. The van der Waals surface area contributed by atoms with Crippen molar-refractivity contribution in [2.75, 3.05) is 33.7 Å². The van der Waals surface area contributed by atoms with Gasteiger partial charge in [0.25, 0.3) is 5.56 Å². The van der Waals surface area contributed by atoms with E-state index in [-0.39, 0.29) is 5.56 Å². The molecule has 0 saturated heterocycles. The fourth-order valence-corrected chi connectivity index (χ4v) is 1.17. The minimum Gasteiger partial charge on any atom is -0.314 e. The van der Waals surface area contributed by atoms with Crippen LogP contribution in [0.3, 0.4) is 0 Å². The first-order chi connectivity index (χ1) is 7.20. The van der Waals surface area contributed by atoms with Crippen LogP contribution in [0.1, 0.15) is 0 Å². The minimum atomic E-state index is -0.0492. The van der Waals surface area contributed by atoms with Crippen molar-refractivity contribution in [3.8, 4) is 0 Å². The Hall–Kier alpha value is -1.20. The highest BCUT2D eigenvalue weighted by molar-refractivity contribution is 4.84. The number of likely N-dealkylation sites (N-methyl/N-ethyl adjacent to an activating group) is 1. The van der Waals surface area contributed by atoms with Crippen molar-refractivity contribution in [3.63, 3.8) is 0 Å². The van der Waals surface area contributed by atoms with Gasteiger partial charge in [-0.15, -0.1) is 0 Å². The first-order valence-corrected chi connectivity index (χ1v) is 5.08. The molecule has 5 heteroatoms. The molecule has 0 fully saturated rings. The summed E-state index contributed by atoms with van der Waals surface area (Å²) in [5.41, 5.74) is -0.0492. The van der Waals surface area contributed by atoms with Gasteiger partial charge in [0.05, 0.1) is 6.54 Å². The van der Waals surface area contributed by atoms with Crippen molar-refractivity contribution in [1.82, 2.24) is 20.0 Å². The second-order valence-corrected chi connectivity index (χ2v) is 3.64. The molecule has 0 aliphatic heterocycles. The summed E-state index contributed by atoms with van der Waals surface area (Å²) >= 11 is 0. The Bertz CT molecular complexity index is 334. The maximum Gasteiger partial charge on any atom is 0.266 e. The summed E-state index contributed by atoms with van der Waals surface area (Å²) in [5.74, 6) is 0. The summed E-state index contributed by atoms with van der Waals surface area (Å²) in [6.07, 6.45) is 1.63. The van der Waals surface area contributed by atoms with Crippen molar-refractivity contribution >= 4 is 0 Å². The average molecular weight is 210 g/mol. The van der Waals surface area contributed by atoms with E-state index in [1.54, 1.807) is 12.3 Å². The molecule has 1 heterocycles. The third-order valence-electron chi connectivity index (χ3n) is 2.02. The summed E-state index contributed by atoms with van der Waals surface area (Å²) < 4.78 is 1.46. The predicted molar refractivity (Wildman–Crippen MR) is 59.9 cm³/mol. The van der Waals surface area contributed by atoms with Crippen molar-refractivity contribution in [2.24, 2.45) is 0 Å². The normalized spacial score (nSPS) is 10.9. The lowest BCUT2D eigenvalue weighted by Crippen LogP contribution is -2.32. The molecule has 0 aromatic carbocycles. The van der Waals surface area contributed by atoms with Crippen molar-refractivity contribution < 1.29 is 0 Å². The van der Waals surface area contributed by atoms with Crippen LogP contribution in [0.2, 0.25) is 0 Å². The Morgan fingerprint density at radius 2 is 2.27 bits per heavy atom. The van der Waals surface area contributed by atoms with Gasteiger partial charge in [-0.3, -0.25) is 4.79 Å². The Balaban J connectivity index is 2.21. The van der Waals surface area contributed by atoms with Gasteiger partial charge in [-0.25, -0.2) is 4.68 Å². The summed E-state index contributed by atoms with van der Waals surface area (Å²) in [7, 11) is 4.07. The van der Waals surface area contributed by atoms with Crippen LogP contribution in [0, 0.1) is 0 Å². The first kappa shape index (κ1) is 11.9. The van der Waals surface area contributed by atoms with Crippen LogP contribution < -0.4 is 10.9 Å². The topological polar surface area (TPSA) is 50.2 Å². The molecule has 0 saturated carbocycles. The van der Waals surface area contributed by atoms with E-state index in [1.807, 2.05) is 14.1 Å². The third-order valence-corrected chi connectivity index (χ3v) is 2.02. The third kappa shape index (κ3) is 4.71. The maximum atomic E-state index is 11.3. The molecule has 84 valence electrons. The fourth-order valence-electron chi connectivity index (χ4n) is 1.17. The maximum absolute atomic E-state index is 11.3. The van der Waals surface area contributed by atoms with E-state index < -0.39 is 0 Å². The summed E-state index contributed by atoms with van der Waals surface area (Å²) in [5, 5.41) is 7.22. The highest BCUT2D eigenvalue weighted by Crippen LogP contribution is 1.76. The van der Waals surface area contributed by atoms with Crippen molar-refractivity contribution in [3.05, 3.63) is 28.7 Å². The van der Waals surface area contributed by atoms with E-state index in [9.17, 15) is 4.79 Å². The van der Waals surface area contributed by atoms with Gasteiger partial charge in [-0.1, -0.05) is 0 Å². The summed E-state index contributed by atoms with van der Waals surface area (Å²) in [6.45, 7) is 3.31. The molecule has 0 unspecified atom stereocenters.